The quantitative estimate of drug-likeness (QED) is 0.0254. The number of benzene rings is 8. The number of hydrogen-bond donors (Lipinski definition) is 2. The second kappa shape index (κ2) is 40.4. The molecule has 0 saturated carbocycles. The van der Waals surface area contributed by atoms with E-state index in [-0.39, 0.29) is 55.8 Å². The molecule has 4 saturated heterocycles. The first kappa shape index (κ1) is 92.7. The van der Waals surface area contributed by atoms with E-state index in [9.17, 15) is 34.2 Å². The van der Waals surface area contributed by atoms with Crippen molar-refractivity contribution >= 4 is 77.4 Å². The van der Waals surface area contributed by atoms with E-state index in [1.165, 1.54) is 153 Å². The van der Waals surface area contributed by atoms with Gasteiger partial charge in [-0.05, 0) is 144 Å². The average molecular weight is 1790 g/mol. The third-order valence-corrected chi connectivity index (χ3v) is 22.4. The summed E-state index contributed by atoms with van der Waals surface area (Å²) in [5.41, 5.74) is 1.77. The van der Waals surface area contributed by atoms with Gasteiger partial charge in [0.2, 0.25) is 6.29 Å². The molecule has 8 aromatic rings. The highest BCUT2D eigenvalue weighted by Crippen LogP contribution is 2.45. The first-order chi connectivity index (χ1) is 62.4. The number of carbonyl (C=O) groups excluding carboxylic acids is 13. The number of rotatable bonds is 29. The zero-order chi connectivity index (χ0) is 92.6. The Morgan fingerprint density at radius 2 is 0.569 bits per heavy atom. The Kier molecular flexibility index (Phi) is 28.8. The molecule has 0 aromatic heterocycles. The smallest absolute Gasteiger partial charge is 0.338 e. The van der Waals surface area contributed by atoms with Crippen LogP contribution in [0, 0.1) is 34.6 Å². The Morgan fingerprint density at radius 3 is 0.885 bits per heavy atom. The van der Waals surface area contributed by atoms with Crippen molar-refractivity contribution in [1.29, 1.82) is 0 Å². The first-order valence-electron chi connectivity index (χ1n) is 41.4. The molecular weight excluding hydrogens is 1700 g/mol. The second-order valence-electron chi connectivity index (χ2n) is 31.6. The minimum atomic E-state index is -2.53. The first-order valence-corrected chi connectivity index (χ1v) is 41.4. The molecule has 6 aliphatic rings. The topological polar surface area (TPSA) is 435 Å². The number of esters is 9. The van der Waals surface area contributed by atoms with Gasteiger partial charge in [-0.25, -0.2) is 24.0 Å². The normalized spacial score (nSPS) is 26.2. The number of ether oxygens (including phenoxy) is 18. The summed E-state index contributed by atoms with van der Waals surface area (Å²) in [7, 11) is 1.40. The van der Waals surface area contributed by atoms with Crippen LogP contribution in [-0.2, 0) is 95.0 Å². The minimum absolute atomic E-state index is 0.0204. The molecule has 35 heteroatoms. The summed E-state index contributed by atoms with van der Waals surface area (Å²) < 4.78 is 117. The van der Waals surface area contributed by atoms with Crippen LogP contribution < -0.4 is 9.47 Å². The van der Waals surface area contributed by atoms with E-state index in [0.717, 1.165) is 33.3 Å². The van der Waals surface area contributed by atoms with Crippen molar-refractivity contribution in [3.63, 3.8) is 0 Å². The van der Waals surface area contributed by atoms with Crippen molar-refractivity contribution < 1.29 is 158 Å². The molecule has 0 bridgehead atoms. The zero-order valence-electron chi connectivity index (χ0n) is 71.8. The molecule has 130 heavy (non-hydrogen) atoms. The molecule has 680 valence electrons. The van der Waals surface area contributed by atoms with E-state index in [4.69, 9.17) is 85.3 Å². The molecular formula is C95H92N2O33. The Morgan fingerprint density at radius 1 is 0.300 bits per heavy atom. The highest BCUT2D eigenvalue weighted by molar-refractivity contribution is 6.22. The predicted molar refractivity (Wildman–Crippen MR) is 445 cm³/mol. The van der Waals surface area contributed by atoms with Crippen LogP contribution in [0.15, 0.2) is 194 Å². The van der Waals surface area contributed by atoms with Gasteiger partial charge >= 0.3 is 53.7 Å². The van der Waals surface area contributed by atoms with Crippen LogP contribution in [0.25, 0.3) is 0 Å². The maximum atomic E-state index is 15.9. The predicted octanol–water partition coefficient (Wildman–Crippen LogP) is 8.10. The van der Waals surface area contributed by atoms with Crippen LogP contribution in [0.5, 0.6) is 11.5 Å². The van der Waals surface area contributed by atoms with E-state index in [2.05, 4.69) is 0 Å². The molecule has 0 spiro atoms. The van der Waals surface area contributed by atoms with Gasteiger partial charge in [0.1, 0.15) is 79.5 Å². The molecule has 4 fully saturated rings. The fourth-order valence-corrected chi connectivity index (χ4v) is 15.9. The van der Waals surface area contributed by atoms with Gasteiger partial charge in [-0.3, -0.25) is 48.2 Å². The van der Waals surface area contributed by atoms with Gasteiger partial charge in [-0.2, -0.15) is 0 Å². The van der Waals surface area contributed by atoms with Crippen LogP contribution in [0.4, 0.5) is 0 Å². The number of amides is 4. The molecule has 6 heterocycles. The third-order valence-electron chi connectivity index (χ3n) is 22.4. The van der Waals surface area contributed by atoms with Crippen LogP contribution in [0.2, 0.25) is 0 Å². The third kappa shape index (κ3) is 20.5. The Hall–Kier alpha value is -13.5. The number of methoxy groups -OCH3 is 1. The van der Waals surface area contributed by atoms with E-state index in [1.807, 2.05) is 0 Å². The van der Waals surface area contributed by atoms with Crippen molar-refractivity contribution in [2.24, 2.45) is 0 Å². The van der Waals surface area contributed by atoms with Crippen molar-refractivity contribution in [2.45, 2.75) is 185 Å². The maximum Gasteiger partial charge on any atom is 0.338 e. The Labute approximate surface area is 743 Å². The molecule has 8 aromatic carbocycles. The zero-order valence-corrected chi connectivity index (χ0v) is 71.8. The Balaban J connectivity index is 0.968. The molecule has 4 amide bonds. The van der Waals surface area contributed by atoms with Gasteiger partial charge < -0.3 is 95.5 Å². The largest absolute Gasteiger partial charge is 0.497 e. The van der Waals surface area contributed by atoms with Crippen molar-refractivity contribution in [1.82, 2.24) is 9.80 Å². The van der Waals surface area contributed by atoms with Gasteiger partial charge in [0.05, 0.1) is 70.4 Å². The molecule has 20 atom stereocenters. The highest BCUT2D eigenvalue weighted by Gasteiger charge is 2.65. The fourth-order valence-electron chi connectivity index (χ4n) is 15.9. The number of aliphatic hydroxyl groups excluding tert-OH is 2. The molecule has 6 aliphatic heterocycles. The second-order valence-corrected chi connectivity index (χ2v) is 31.6. The van der Waals surface area contributed by atoms with Crippen molar-refractivity contribution in [3.8, 4) is 11.5 Å². The molecule has 0 aliphatic carbocycles. The van der Waals surface area contributed by atoms with Gasteiger partial charge in [0.15, 0.2) is 61.6 Å². The number of aliphatic hydroxyl groups is 2. The SMILES string of the molecule is COc1ccc(O[C@@H]2O[C@H](COC(C)=O)[C@@H](OC(C)=O)[C@H](O[C@@H]3O[C@H](CO)[C@@H](O[C@@H]4O[C@H](COC(C)=O)[C@@H](OC(C)=O)[C@H](O[C@@H]5O[C@H](CO)[C@@H](OC(=O)c6ccc(C)cc6)[C@H](OC(=O)c6ccc(C)cc6)[C@H]5OC(=O)c5ccc(C)cc5)[C@H]4N4C(=O)c5ccccc5C4=O)[C@H](OC(=O)c4ccc(C)cc4)[C@H]3OC(=O)c3ccc(C)cc3)[C@H]2N2C(=O)c3ccccc3C2=O)cc1. The van der Waals surface area contributed by atoms with E-state index in [0.29, 0.717) is 37.8 Å². The van der Waals surface area contributed by atoms with Crippen LogP contribution in [-0.4, -0.2) is 254 Å². The average Bonchev–Trinajstić information content (AvgIpc) is 1.42. The van der Waals surface area contributed by atoms with Gasteiger partial charge in [0, 0.05) is 27.7 Å². The lowest BCUT2D eigenvalue weighted by Gasteiger charge is -2.53. The minimum Gasteiger partial charge on any atom is -0.497 e. The molecule has 0 radical (unpaired) electrons. The molecule has 14 rings (SSSR count). The van der Waals surface area contributed by atoms with Crippen molar-refractivity contribution in [2.75, 3.05) is 33.5 Å². The number of fused-ring (bicyclic) bond motifs is 2. The van der Waals surface area contributed by atoms with Crippen LogP contribution >= 0.6 is 0 Å². The molecule has 35 nitrogen and oxygen atoms in total. The summed E-state index contributed by atoms with van der Waals surface area (Å²) in [4.78, 5) is 194. The highest BCUT2D eigenvalue weighted by atomic mass is 16.8. The number of aryl methyl sites for hydroxylation is 5. The lowest BCUT2D eigenvalue weighted by molar-refractivity contribution is -0.376. The summed E-state index contributed by atoms with van der Waals surface area (Å²) in [5.74, 6) is -14.1. The van der Waals surface area contributed by atoms with Crippen molar-refractivity contribution in [3.05, 3.63) is 272 Å². The van der Waals surface area contributed by atoms with E-state index in [1.54, 1.807) is 83.1 Å². The summed E-state index contributed by atoms with van der Waals surface area (Å²) in [5, 5.41) is 24.1. The van der Waals surface area contributed by atoms with Gasteiger partial charge in [-0.15, -0.1) is 0 Å². The summed E-state index contributed by atoms with van der Waals surface area (Å²) in [6.45, 7) is 8.31. The van der Waals surface area contributed by atoms with Crippen LogP contribution in [0.3, 0.4) is 0 Å². The van der Waals surface area contributed by atoms with Gasteiger partial charge in [-0.1, -0.05) is 113 Å². The van der Waals surface area contributed by atoms with Gasteiger partial charge in [0.25, 0.3) is 23.6 Å². The van der Waals surface area contributed by atoms with E-state index < -0.39 is 226 Å². The number of hydrogen-bond acceptors (Lipinski definition) is 33. The number of imide groups is 2. The monoisotopic (exact) mass is 1790 g/mol. The fraction of sp³-hybridized carbons (Fsp3) is 0.358. The number of carbonyl (C=O) groups is 13. The summed E-state index contributed by atoms with van der Waals surface area (Å²) >= 11 is 0. The van der Waals surface area contributed by atoms with Crippen LogP contribution in [0.1, 0.15) is 149 Å². The van der Waals surface area contributed by atoms with E-state index >= 15 is 38.4 Å². The molecule has 0 unspecified atom stereocenters. The standard InChI is InChI=1S/C95H92N2O33/c1-47-19-29-56(30-20-47)87(108)123-73-67(43-98)119-94(81(126-90(111)59-35-25-50(4)26-36-59)79(73)124-88(109)57-31-21-48(2)22-32-57)130-78-72(97-85(106)65-17-13-14-18-66(65)86(97)107)93(122-70(46-115-53(7)101)76(78)117-55(9)103)128-74-68(44-99)120-95(82(127-91(112)60-37-27-51(5)28-38-60)80(74)125-89(110)58-33-23-49(3)24-34-58)129-77-71(96-83(104)63-15-11-12-16-64(63)84(96)105)92(118-62-41-39-61(113-10)40-42-62)121-69(45-114-52(6)100)75(77)116-54(8)102/h11-42,67-82,92-95,98-99H,43-46H2,1-10H3/t67-,68-,69-,70-,71-,72-,73-,74-,75-,76-,77-,78-,79+,80+,81-,82-,92-,93+,94+,95+/m1/s1. The Bertz CT molecular complexity index is 5480. The lowest BCUT2D eigenvalue weighted by atomic mass is 9.92. The molecule has 2 N–H and O–H groups in total. The summed E-state index contributed by atoms with van der Waals surface area (Å²) in [6, 6.07) is 41.9. The summed E-state index contributed by atoms with van der Waals surface area (Å²) in [6.07, 6.45) is -39.5. The lowest BCUT2D eigenvalue weighted by Crippen LogP contribution is -2.72. The maximum absolute atomic E-state index is 15.9. The number of nitrogens with zero attached hydrogens (tertiary/aromatic N) is 2.